The molecule has 0 atom stereocenters. The molecule has 0 unspecified atom stereocenters. The second-order valence-corrected chi connectivity index (χ2v) is 7.48. The van der Waals surface area contributed by atoms with Crippen LogP contribution in [0.4, 0.5) is 0 Å². The fraction of sp³-hybridized carbons (Fsp3) is 0. The van der Waals surface area contributed by atoms with E-state index in [1.165, 1.54) is 34.8 Å². The maximum atomic E-state index is 12.5. The number of carbonyl (C=O) groups excluding carboxylic acids is 2. The van der Waals surface area contributed by atoms with Gasteiger partial charge in [0, 0.05) is 10.8 Å². The first-order chi connectivity index (χ1) is 13.8. The van der Waals surface area contributed by atoms with Crippen LogP contribution in [-0.2, 0) is 4.74 Å². The van der Waals surface area contributed by atoms with Crippen LogP contribution in [0.2, 0.25) is 0 Å². The number of rotatable bonds is 4. The summed E-state index contributed by atoms with van der Waals surface area (Å²) in [6, 6.07) is 5.79. The standard InChI is InChI=1S/C18H8N2O7S2/c21-15(22)11-9(5-7-1-3-28-13(7)19-11)17(25)27-18(26)10-6-8-2-4-29-14(8)20-12(10)16(23)24/h1-6H,(H,21,22)(H,23,24). The Hall–Kier alpha value is -3.70. The van der Waals surface area contributed by atoms with Crippen molar-refractivity contribution in [2.24, 2.45) is 0 Å². The molecule has 29 heavy (non-hydrogen) atoms. The predicted molar refractivity (Wildman–Crippen MR) is 103 cm³/mol. The molecule has 4 aromatic rings. The Morgan fingerprint density at radius 1 is 0.759 bits per heavy atom. The van der Waals surface area contributed by atoms with Gasteiger partial charge >= 0.3 is 23.9 Å². The summed E-state index contributed by atoms with van der Waals surface area (Å²) in [7, 11) is 0. The van der Waals surface area contributed by atoms with Gasteiger partial charge in [-0.25, -0.2) is 29.1 Å². The van der Waals surface area contributed by atoms with Crippen molar-refractivity contribution in [2.45, 2.75) is 0 Å². The molecule has 4 rings (SSSR count). The third-order valence-electron chi connectivity index (χ3n) is 3.92. The maximum Gasteiger partial charge on any atom is 0.355 e. The van der Waals surface area contributed by atoms with Gasteiger partial charge in [0.25, 0.3) is 0 Å². The Morgan fingerprint density at radius 3 is 1.55 bits per heavy atom. The molecular weight excluding hydrogens is 420 g/mol. The lowest BCUT2D eigenvalue weighted by atomic mass is 10.1. The number of aromatic nitrogens is 2. The number of carboxylic acids is 2. The van der Waals surface area contributed by atoms with Crippen LogP contribution < -0.4 is 0 Å². The van der Waals surface area contributed by atoms with Crippen molar-refractivity contribution in [1.82, 2.24) is 9.97 Å². The van der Waals surface area contributed by atoms with Crippen LogP contribution in [0, 0.1) is 0 Å². The molecule has 0 spiro atoms. The van der Waals surface area contributed by atoms with Gasteiger partial charge in [-0.05, 0) is 35.0 Å². The third kappa shape index (κ3) is 3.32. The number of hydrogen-bond donors (Lipinski definition) is 2. The molecule has 0 bridgehead atoms. The molecule has 9 nitrogen and oxygen atoms in total. The zero-order chi connectivity index (χ0) is 20.7. The summed E-state index contributed by atoms with van der Waals surface area (Å²) < 4.78 is 4.78. The number of carboxylic acid groups (broad SMARTS) is 2. The fourth-order valence-corrected chi connectivity index (χ4v) is 4.13. The molecule has 0 aliphatic carbocycles. The van der Waals surface area contributed by atoms with Gasteiger partial charge in [-0.2, -0.15) is 0 Å². The van der Waals surface area contributed by atoms with E-state index in [4.69, 9.17) is 4.74 Å². The molecule has 144 valence electrons. The Morgan fingerprint density at radius 2 is 1.17 bits per heavy atom. The van der Waals surface area contributed by atoms with E-state index in [-0.39, 0.29) is 0 Å². The highest BCUT2D eigenvalue weighted by atomic mass is 32.1. The second-order valence-electron chi connectivity index (χ2n) is 5.69. The Balaban J connectivity index is 1.73. The Kier molecular flexibility index (Phi) is 4.53. The number of carbonyl (C=O) groups is 4. The van der Waals surface area contributed by atoms with E-state index >= 15 is 0 Å². The van der Waals surface area contributed by atoms with Gasteiger partial charge in [0.1, 0.15) is 9.66 Å². The summed E-state index contributed by atoms with van der Waals surface area (Å²) in [6.45, 7) is 0. The minimum atomic E-state index is -1.47. The summed E-state index contributed by atoms with van der Waals surface area (Å²) >= 11 is 2.38. The average molecular weight is 428 g/mol. The van der Waals surface area contributed by atoms with Crippen LogP contribution in [0.25, 0.3) is 20.4 Å². The largest absolute Gasteiger partial charge is 0.476 e. The van der Waals surface area contributed by atoms with Crippen LogP contribution >= 0.6 is 22.7 Å². The zero-order valence-corrected chi connectivity index (χ0v) is 15.7. The van der Waals surface area contributed by atoms with E-state index in [1.807, 2.05) is 0 Å². The molecule has 0 amide bonds. The van der Waals surface area contributed by atoms with Gasteiger partial charge in [0.15, 0.2) is 11.4 Å². The quantitative estimate of drug-likeness (QED) is 0.369. The van der Waals surface area contributed by atoms with Crippen LogP contribution in [-0.4, -0.2) is 44.1 Å². The van der Waals surface area contributed by atoms with E-state index in [1.54, 1.807) is 22.9 Å². The topological polar surface area (TPSA) is 144 Å². The lowest BCUT2D eigenvalue weighted by Gasteiger charge is -2.08. The summed E-state index contributed by atoms with van der Waals surface area (Å²) in [5.41, 5.74) is -1.97. The summed E-state index contributed by atoms with van der Waals surface area (Å²) in [4.78, 5) is 56.6. The number of nitrogens with zero attached hydrogens (tertiary/aromatic N) is 2. The highest BCUT2D eigenvalue weighted by Crippen LogP contribution is 2.25. The molecule has 4 heterocycles. The first kappa shape index (κ1) is 18.7. The molecule has 11 heteroatoms. The van der Waals surface area contributed by atoms with Crippen molar-refractivity contribution in [3.8, 4) is 0 Å². The number of ether oxygens (including phenoxy) is 1. The molecule has 0 fully saturated rings. The van der Waals surface area contributed by atoms with Crippen LogP contribution in [0.3, 0.4) is 0 Å². The maximum absolute atomic E-state index is 12.5. The molecule has 0 saturated carbocycles. The van der Waals surface area contributed by atoms with E-state index in [0.717, 1.165) is 0 Å². The summed E-state index contributed by atoms with van der Waals surface area (Å²) in [5, 5.41) is 23.0. The predicted octanol–water partition coefficient (Wildman–Crippen LogP) is 3.30. The lowest BCUT2D eigenvalue weighted by Crippen LogP contribution is -2.19. The van der Waals surface area contributed by atoms with Gasteiger partial charge in [0.2, 0.25) is 0 Å². The fourth-order valence-electron chi connectivity index (χ4n) is 2.63. The van der Waals surface area contributed by atoms with Crippen molar-refractivity contribution in [3.63, 3.8) is 0 Å². The molecular formula is C18H8N2O7S2. The number of thiophene rings is 2. The molecule has 0 aliphatic rings. The minimum Gasteiger partial charge on any atom is -0.476 e. The zero-order valence-electron chi connectivity index (χ0n) is 14.1. The van der Waals surface area contributed by atoms with Crippen molar-refractivity contribution >= 4 is 67.0 Å². The van der Waals surface area contributed by atoms with Crippen LogP contribution in [0.1, 0.15) is 41.7 Å². The SMILES string of the molecule is O=C(OC(=O)c1cc2ccsc2nc1C(=O)O)c1cc2ccsc2nc1C(=O)O. The van der Waals surface area contributed by atoms with Crippen molar-refractivity contribution in [2.75, 3.05) is 0 Å². The molecule has 0 saturated heterocycles. The van der Waals surface area contributed by atoms with Crippen molar-refractivity contribution < 1.29 is 34.1 Å². The lowest BCUT2D eigenvalue weighted by molar-refractivity contribution is 0.0385. The molecule has 0 radical (unpaired) electrons. The molecule has 0 aliphatic heterocycles. The molecule has 2 N–H and O–H groups in total. The number of pyridine rings is 2. The first-order valence-electron chi connectivity index (χ1n) is 7.84. The Labute approximate surface area is 168 Å². The first-order valence-corrected chi connectivity index (χ1v) is 9.60. The normalized spacial score (nSPS) is 10.9. The number of esters is 2. The van der Waals surface area contributed by atoms with E-state index in [2.05, 4.69) is 9.97 Å². The smallest absolute Gasteiger partial charge is 0.355 e. The average Bonchev–Trinajstić information content (AvgIpc) is 3.33. The van der Waals surface area contributed by atoms with Gasteiger partial charge < -0.3 is 14.9 Å². The van der Waals surface area contributed by atoms with Gasteiger partial charge in [0.05, 0.1) is 11.1 Å². The number of fused-ring (bicyclic) bond motifs is 2. The van der Waals surface area contributed by atoms with E-state index in [0.29, 0.717) is 20.4 Å². The van der Waals surface area contributed by atoms with Crippen molar-refractivity contribution in [3.05, 3.63) is 57.5 Å². The monoisotopic (exact) mass is 428 g/mol. The molecule has 4 aromatic heterocycles. The number of hydrogen-bond acceptors (Lipinski definition) is 9. The summed E-state index contributed by atoms with van der Waals surface area (Å²) in [6.07, 6.45) is 0. The summed E-state index contributed by atoms with van der Waals surface area (Å²) in [5.74, 6) is -5.44. The molecule has 0 aromatic carbocycles. The number of aromatic carboxylic acids is 2. The van der Waals surface area contributed by atoms with E-state index in [9.17, 15) is 29.4 Å². The van der Waals surface area contributed by atoms with E-state index < -0.39 is 46.4 Å². The van der Waals surface area contributed by atoms with Gasteiger partial charge in [-0.3, -0.25) is 0 Å². The van der Waals surface area contributed by atoms with Gasteiger partial charge in [-0.15, -0.1) is 22.7 Å². The minimum absolute atomic E-state index is 0.408. The highest BCUT2D eigenvalue weighted by molar-refractivity contribution is 7.17. The van der Waals surface area contributed by atoms with Crippen LogP contribution in [0.15, 0.2) is 35.0 Å². The van der Waals surface area contributed by atoms with Gasteiger partial charge in [-0.1, -0.05) is 0 Å². The van der Waals surface area contributed by atoms with Crippen LogP contribution in [0.5, 0.6) is 0 Å². The van der Waals surface area contributed by atoms with Crippen molar-refractivity contribution in [1.29, 1.82) is 0 Å². The second kappa shape index (κ2) is 7.04. The third-order valence-corrected chi connectivity index (χ3v) is 5.56. The highest BCUT2D eigenvalue weighted by Gasteiger charge is 2.27. The Bertz CT molecular complexity index is 1240.